The van der Waals surface area contributed by atoms with Crippen LogP contribution in [0.2, 0.25) is 0 Å². The average Bonchev–Trinajstić information content (AvgIpc) is 2.74. The van der Waals surface area contributed by atoms with Gasteiger partial charge in [0.1, 0.15) is 24.4 Å². The van der Waals surface area contributed by atoms with E-state index in [4.69, 9.17) is 9.84 Å². The Morgan fingerprint density at radius 3 is 2.57 bits per heavy atom. The summed E-state index contributed by atoms with van der Waals surface area (Å²) in [4.78, 5) is 27.8. The predicted octanol–water partition coefficient (Wildman–Crippen LogP) is -1.63. The molecule has 4 atom stereocenters. The number of benzene rings is 1. The highest BCUT2D eigenvalue weighted by atomic mass is 16.6. The summed E-state index contributed by atoms with van der Waals surface area (Å²) >= 11 is 0. The lowest BCUT2D eigenvalue weighted by Gasteiger charge is -2.16. The molecule has 21 heavy (non-hydrogen) atoms. The zero-order valence-corrected chi connectivity index (χ0v) is 10.8. The van der Waals surface area contributed by atoms with E-state index in [1.54, 1.807) is 12.1 Å². The second-order valence-corrected chi connectivity index (χ2v) is 4.94. The van der Waals surface area contributed by atoms with Crippen molar-refractivity contribution in [3.63, 3.8) is 0 Å². The molecule has 112 valence electrons. The van der Waals surface area contributed by atoms with Gasteiger partial charge in [0.05, 0.1) is 17.5 Å². The minimum atomic E-state index is -1.27. The average molecular weight is 294 g/mol. The molecule has 1 fully saturated rings. The SMILES string of the molecule is O=c1[nH]c(=O)c2cccc([C@@H]3O[C@H](CO)[C@@H](O)[C@H]3O)c2[nH]1. The van der Waals surface area contributed by atoms with Crippen LogP contribution in [0.5, 0.6) is 0 Å². The maximum Gasteiger partial charge on any atom is 0.326 e. The molecule has 1 aliphatic rings. The van der Waals surface area contributed by atoms with E-state index in [-0.39, 0.29) is 10.9 Å². The van der Waals surface area contributed by atoms with Gasteiger partial charge in [-0.2, -0.15) is 0 Å². The van der Waals surface area contributed by atoms with E-state index in [2.05, 4.69) is 9.97 Å². The molecule has 5 N–H and O–H groups in total. The van der Waals surface area contributed by atoms with E-state index in [0.717, 1.165) is 0 Å². The first-order valence-corrected chi connectivity index (χ1v) is 6.40. The minimum Gasteiger partial charge on any atom is -0.394 e. The fourth-order valence-corrected chi connectivity index (χ4v) is 2.61. The van der Waals surface area contributed by atoms with Gasteiger partial charge in [-0.3, -0.25) is 9.78 Å². The number of aromatic nitrogens is 2. The zero-order valence-electron chi connectivity index (χ0n) is 10.8. The van der Waals surface area contributed by atoms with Crippen molar-refractivity contribution in [3.8, 4) is 0 Å². The van der Waals surface area contributed by atoms with Crippen molar-refractivity contribution < 1.29 is 20.1 Å². The number of ether oxygens (including phenoxy) is 1. The number of aliphatic hydroxyl groups is 3. The molecular weight excluding hydrogens is 280 g/mol. The smallest absolute Gasteiger partial charge is 0.326 e. The van der Waals surface area contributed by atoms with E-state index in [0.29, 0.717) is 5.56 Å². The van der Waals surface area contributed by atoms with Gasteiger partial charge in [0, 0.05) is 5.56 Å². The van der Waals surface area contributed by atoms with Gasteiger partial charge >= 0.3 is 5.69 Å². The fraction of sp³-hybridized carbons (Fsp3) is 0.385. The van der Waals surface area contributed by atoms with Crippen molar-refractivity contribution in [2.75, 3.05) is 6.61 Å². The van der Waals surface area contributed by atoms with Crippen molar-refractivity contribution in [1.82, 2.24) is 9.97 Å². The maximum atomic E-state index is 11.8. The van der Waals surface area contributed by atoms with Crippen LogP contribution in [0, 0.1) is 0 Å². The van der Waals surface area contributed by atoms with Gasteiger partial charge in [0.15, 0.2) is 0 Å². The topological polar surface area (TPSA) is 136 Å². The molecule has 8 nitrogen and oxygen atoms in total. The summed E-state index contributed by atoms with van der Waals surface area (Å²) in [5, 5.41) is 29.2. The summed E-state index contributed by atoms with van der Waals surface area (Å²) in [6.07, 6.45) is -4.38. The Bertz CT molecular complexity index is 782. The molecule has 0 radical (unpaired) electrons. The van der Waals surface area contributed by atoms with E-state index in [1.807, 2.05) is 0 Å². The van der Waals surface area contributed by atoms with Crippen LogP contribution in [0.25, 0.3) is 10.9 Å². The molecule has 1 aromatic heterocycles. The van der Waals surface area contributed by atoms with Crippen LogP contribution in [0.4, 0.5) is 0 Å². The molecule has 2 heterocycles. The summed E-state index contributed by atoms with van der Waals surface area (Å²) in [5.74, 6) is 0. The second kappa shape index (κ2) is 5.08. The lowest BCUT2D eigenvalue weighted by atomic mass is 9.99. The Balaban J connectivity index is 2.18. The Morgan fingerprint density at radius 1 is 1.14 bits per heavy atom. The lowest BCUT2D eigenvalue weighted by molar-refractivity contribution is -0.0224. The Kier molecular flexibility index (Phi) is 3.38. The summed E-state index contributed by atoms with van der Waals surface area (Å²) in [6.45, 7) is -0.448. The third-order valence-electron chi connectivity index (χ3n) is 3.66. The van der Waals surface area contributed by atoms with Crippen LogP contribution < -0.4 is 11.2 Å². The number of hydrogen-bond acceptors (Lipinski definition) is 6. The molecule has 0 bridgehead atoms. The molecule has 1 saturated heterocycles. The Hall–Kier alpha value is -2.00. The molecule has 1 aromatic carbocycles. The molecule has 3 rings (SSSR count). The van der Waals surface area contributed by atoms with Gasteiger partial charge < -0.3 is 25.0 Å². The molecule has 0 unspecified atom stereocenters. The maximum absolute atomic E-state index is 11.8. The number of para-hydroxylation sites is 1. The third-order valence-corrected chi connectivity index (χ3v) is 3.66. The first-order chi connectivity index (χ1) is 10.0. The number of rotatable bonds is 2. The van der Waals surface area contributed by atoms with Crippen LogP contribution in [0.3, 0.4) is 0 Å². The van der Waals surface area contributed by atoms with Crippen LogP contribution in [0.15, 0.2) is 27.8 Å². The summed E-state index contributed by atoms with van der Waals surface area (Å²) in [7, 11) is 0. The second-order valence-electron chi connectivity index (χ2n) is 4.94. The first kappa shape index (κ1) is 14.0. The number of H-pyrrole nitrogens is 2. The van der Waals surface area contributed by atoms with Crippen molar-refractivity contribution in [3.05, 3.63) is 44.6 Å². The van der Waals surface area contributed by atoms with Gasteiger partial charge in [-0.05, 0) is 6.07 Å². The largest absolute Gasteiger partial charge is 0.394 e. The van der Waals surface area contributed by atoms with Crippen LogP contribution in [-0.4, -0.2) is 50.2 Å². The molecule has 8 heteroatoms. The highest BCUT2D eigenvalue weighted by Gasteiger charge is 2.43. The Labute approximate surface area is 117 Å². The van der Waals surface area contributed by atoms with Gasteiger partial charge in [-0.15, -0.1) is 0 Å². The monoisotopic (exact) mass is 294 g/mol. The molecule has 0 spiro atoms. The quantitative estimate of drug-likeness (QED) is 0.451. The molecule has 0 saturated carbocycles. The third kappa shape index (κ3) is 2.18. The van der Waals surface area contributed by atoms with Crippen molar-refractivity contribution >= 4 is 10.9 Å². The zero-order chi connectivity index (χ0) is 15.1. The summed E-state index contributed by atoms with van der Waals surface area (Å²) in [5.41, 5.74) is -0.617. The molecular formula is C13H14N2O6. The highest BCUT2D eigenvalue weighted by Crippen LogP contribution is 2.35. The number of fused-ring (bicyclic) bond motifs is 1. The number of aromatic amines is 2. The fourth-order valence-electron chi connectivity index (χ4n) is 2.61. The first-order valence-electron chi connectivity index (χ1n) is 6.40. The van der Waals surface area contributed by atoms with E-state index < -0.39 is 42.3 Å². The van der Waals surface area contributed by atoms with E-state index >= 15 is 0 Å². The normalized spacial score (nSPS) is 29.1. The summed E-state index contributed by atoms with van der Waals surface area (Å²) < 4.78 is 5.42. The Morgan fingerprint density at radius 2 is 1.90 bits per heavy atom. The van der Waals surface area contributed by atoms with Crippen LogP contribution in [-0.2, 0) is 4.74 Å². The number of aliphatic hydroxyl groups excluding tert-OH is 3. The minimum absolute atomic E-state index is 0.237. The van der Waals surface area contributed by atoms with Gasteiger partial charge in [0.2, 0.25) is 0 Å². The van der Waals surface area contributed by atoms with Gasteiger partial charge in [-0.25, -0.2) is 4.79 Å². The molecule has 0 aliphatic carbocycles. The number of nitrogens with one attached hydrogen (secondary N) is 2. The van der Waals surface area contributed by atoms with Crippen LogP contribution in [0.1, 0.15) is 11.7 Å². The predicted molar refractivity (Wildman–Crippen MR) is 71.9 cm³/mol. The van der Waals surface area contributed by atoms with E-state index in [9.17, 15) is 19.8 Å². The van der Waals surface area contributed by atoms with Crippen molar-refractivity contribution in [2.24, 2.45) is 0 Å². The van der Waals surface area contributed by atoms with Gasteiger partial charge in [-0.1, -0.05) is 12.1 Å². The van der Waals surface area contributed by atoms with Crippen molar-refractivity contribution in [2.45, 2.75) is 24.4 Å². The molecule has 2 aromatic rings. The highest BCUT2D eigenvalue weighted by molar-refractivity contribution is 5.81. The van der Waals surface area contributed by atoms with Gasteiger partial charge in [0.25, 0.3) is 5.56 Å². The number of hydrogen-bond donors (Lipinski definition) is 5. The summed E-state index contributed by atoms with van der Waals surface area (Å²) in [6, 6.07) is 4.69. The van der Waals surface area contributed by atoms with E-state index in [1.165, 1.54) is 6.07 Å². The van der Waals surface area contributed by atoms with Crippen LogP contribution >= 0.6 is 0 Å². The molecule has 1 aliphatic heterocycles. The standard InChI is InChI=1S/C13H14N2O6/c16-4-7-9(17)10(18)11(21-7)5-2-1-3-6-8(5)14-13(20)15-12(6)19/h1-3,7,9-11,16-18H,4H2,(H2,14,15,19,20)/t7-,9-,10-,11+/m1/s1. The lowest BCUT2D eigenvalue weighted by Crippen LogP contribution is -2.32. The van der Waals surface area contributed by atoms with Crippen molar-refractivity contribution in [1.29, 1.82) is 0 Å². The molecule has 0 amide bonds.